The van der Waals surface area contributed by atoms with Crippen LogP contribution in [0.4, 0.5) is 0 Å². The van der Waals surface area contributed by atoms with Gasteiger partial charge in [-0.15, -0.1) is 0 Å². The number of carbonyl (C=O) groups excluding carboxylic acids is 4. The first-order chi connectivity index (χ1) is 15.3. The summed E-state index contributed by atoms with van der Waals surface area (Å²) in [6.07, 6.45) is 4.51. The van der Waals surface area contributed by atoms with E-state index in [9.17, 15) is 19.2 Å². The number of hydrazine groups is 1. The summed E-state index contributed by atoms with van der Waals surface area (Å²) in [5, 5.41) is 2.56. The van der Waals surface area contributed by atoms with Crippen LogP contribution in [0.3, 0.4) is 0 Å². The number of hydrogen-bond donors (Lipinski definition) is 0. The molecule has 2 aromatic rings. The molecule has 0 spiro atoms. The highest BCUT2D eigenvalue weighted by molar-refractivity contribution is 6.42. The van der Waals surface area contributed by atoms with Crippen molar-refractivity contribution in [2.45, 2.75) is 12.8 Å². The normalized spacial score (nSPS) is 19.8. The number of imide groups is 1. The molecule has 0 unspecified atom stereocenters. The Bertz CT molecular complexity index is 1120. The molecule has 164 valence electrons. The maximum absolute atomic E-state index is 13.4. The van der Waals surface area contributed by atoms with Gasteiger partial charge < -0.3 is 0 Å². The zero-order chi connectivity index (χ0) is 23.0. The van der Waals surface area contributed by atoms with Gasteiger partial charge in [-0.1, -0.05) is 47.0 Å². The SMILES string of the molecule is O=C(CN(C(=O)c1ccc(Cl)c(Cl)c1)N1C(=O)[C@H]2CC=CC[C@H]2C1=O)c1ccc(Cl)cc1. The summed E-state index contributed by atoms with van der Waals surface area (Å²) in [6.45, 7) is -0.509. The van der Waals surface area contributed by atoms with Crippen molar-refractivity contribution in [3.63, 3.8) is 0 Å². The van der Waals surface area contributed by atoms with E-state index in [4.69, 9.17) is 34.8 Å². The Hall–Kier alpha value is -2.67. The molecule has 1 fully saturated rings. The lowest BCUT2D eigenvalue weighted by Crippen LogP contribution is -2.52. The van der Waals surface area contributed by atoms with Crippen molar-refractivity contribution in [1.29, 1.82) is 0 Å². The molecule has 1 aliphatic carbocycles. The van der Waals surface area contributed by atoms with Gasteiger partial charge in [-0.2, -0.15) is 5.01 Å². The van der Waals surface area contributed by atoms with Crippen LogP contribution in [0, 0.1) is 11.8 Å². The predicted octanol–water partition coefficient (Wildman–Crippen LogP) is 4.84. The largest absolute Gasteiger partial charge is 0.292 e. The molecule has 0 radical (unpaired) electrons. The molecular formula is C23H17Cl3N2O4. The Morgan fingerprint density at radius 2 is 1.41 bits per heavy atom. The molecule has 32 heavy (non-hydrogen) atoms. The minimum Gasteiger partial charge on any atom is -0.292 e. The fourth-order valence-corrected chi connectivity index (χ4v) is 4.32. The molecule has 1 saturated heterocycles. The average Bonchev–Trinajstić information content (AvgIpc) is 3.04. The molecule has 0 bridgehead atoms. The van der Waals surface area contributed by atoms with E-state index in [-0.39, 0.29) is 15.6 Å². The van der Waals surface area contributed by atoms with Gasteiger partial charge in [-0.25, -0.2) is 5.01 Å². The van der Waals surface area contributed by atoms with Crippen LogP contribution in [0.2, 0.25) is 15.1 Å². The van der Waals surface area contributed by atoms with Crippen LogP contribution in [0.1, 0.15) is 33.6 Å². The van der Waals surface area contributed by atoms with Crippen molar-refractivity contribution in [2.24, 2.45) is 11.8 Å². The predicted molar refractivity (Wildman–Crippen MR) is 120 cm³/mol. The molecule has 1 aliphatic heterocycles. The highest BCUT2D eigenvalue weighted by Crippen LogP contribution is 2.36. The number of hydrogen-bond acceptors (Lipinski definition) is 4. The lowest BCUT2D eigenvalue weighted by Gasteiger charge is -2.30. The van der Waals surface area contributed by atoms with Gasteiger partial charge in [0, 0.05) is 16.1 Å². The third-order valence-corrected chi connectivity index (χ3v) is 6.58. The smallest absolute Gasteiger partial charge is 0.273 e. The van der Waals surface area contributed by atoms with Crippen LogP contribution >= 0.6 is 34.8 Å². The average molecular weight is 492 g/mol. The number of nitrogens with zero attached hydrogens (tertiary/aromatic N) is 2. The topological polar surface area (TPSA) is 74.8 Å². The summed E-state index contributed by atoms with van der Waals surface area (Å²) >= 11 is 17.9. The minimum atomic E-state index is -0.709. The molecule has 1 heterocycles. The molecule has 2 aromatic carbocycles. The number of ketones is 1. The standard InChI is InChI=1S/C23H17Cl3N2O4/c24-15-8-5-13(6-9-15)20(29)12-27(21(30)14-7-10-18(25)19(26)11-14)28-22(31)16-3-1-2-4-17(16)23(28)32/h1-2,5-11,16-17H,3-4,12H2/t16-,17+. The Morgan fingerprint density at radius 3 is 1.97 bits per heavy atom. The summed E-state index contributed by atoms with van der Waals surface area (Å²) in [6, 6.07) is 10.3. The van der Waals surface area contributed by atoms with E-state index in [0.29, 0.717) is 23.4 Å². The first-order valence-electron chi connectivity index (χ1n) is 9.86. The van der Waals surface area contributed by atoms with Crippen LogP contribution in [-0.2, 0) is 9.59 Å². The number of benzene rings is 2. The number of halogens is 3. The summed E-state index contributed by atoms with van der Waals surface area (Å²) in [5.41, 5.74) is 0.386. The van der Waals surface area contributed by atoms with Crippen LogP contribution in [0.15, 0.2) is 54.6 Å². The van der Waals surface area contributed by atoms with Gasteiger partial charge in [-0.3, -0.25) is 19.2 Å². The minimum absolute atomic E-state index is 0.0944. The number of carbonyl (C=O) groups is 4. The van der Waals surface area contributed by atoms with E-state index in [1.165, 1.54) is 30.3 Å². The van der Waals surface area contributed by atoms with E-state index in [0.717, 1.165) is 10.0 Å². The van der Waals surface area contributed by atoms with Crippen LogP contribution in [-0.4, -0.2) is 40.1 Å². The molecule has 0 aromatic heterocycles. The monoisotopic (exact) mass is 490 g/mol. The number of amides is 3. The second kappa shape index (κ2) is 9.06. The Morgan fingerprint density at radius 1 is 0.844 bits per heavy atom. The van der Waals surface area contributed by atoms with E-state index in [1.54, 1.807) is 12.1 Å². The molecular weight excluding hydrogens is 475 g/mol. The Balaban J connectivity index is 1.70. The fourth-order valence-electron chi connectivity index (χ4n) is 3.90. The zero-order valence-electron chi connectivity index (χ0n) is 16.6. The quantitative estimate of drug-likeness (QED) is 0.341. The van der Waals surface area contributed by atoms with Crippen LogP contribution < -0.4 is 0 Å². The lowest BCUT2D eigenvalue weighted by atomic mass is 9.85. The number of Topliss-reactive ketones (excluding diaryl/α,β-unsaturated/α-hetero) is 1. The van der Waals surface area contributed by atoms with Crippen LogP contribution in [0.5, 0.6) is 0 Å². The van der Waals surface area contributed by atoms with Gasteiger partial charge in [0.25, 0.3) is 17.7 Å². The Labute approximate surface area is 199 Å². The first-order valence-corrected chi connectivity index (χ1v) is 11.0. The van der Waals surface area contributed by atoms with E-state index in [2.05, 4.69) is 0 Å². The van der Waals surface area contributed by atoms with E-state index < -0.39 is 41.9 Å². The molecule has 2 atom stereocenters. The zero-order valence-corrected chi connectivity index (χ0v) is 18.9. The molecule has 0 saturated carbocycles. The third kappa shape index (κ3) is 4.18. The van der Waals surface area contributed by atoms with E-state index >= 15 is 0 Å². The van der Waals surface area contributed by atoms with Gasteiger partial charge in [0.1, 0.15) is 6.54 Å². The highest BCUT2D eigenvalue weighted by atomic mass is 35.5. The van der Waals surface area contributed by atoms with Crippen molar-refractivity contribution in [3.8, 4) is 0 Å². The summed E-state index contributed by atoms with van der Waals surface area (Å²) < 4.78 is 0. The molecule has 6 nitrogen and oxygen atoms in total. The second-order valence-corrected chi connectivity index (χ2v) is 8.82. The summed E-state index contributed by atoms with van der Waals surface area (Å²) in [5.74, 6) is -3.27. The molecule has 2 aliphatic rings. The highest BCUT2D eigenvalue weighted by Gasteiger charge is 2.51. The third-order valence-electron chi connectivity index (χ3n) is 5.59. The van der Waals surface area contributed by atoms with Crippen molar-refractivity contribution in [2.75, 3.05) is 6.54 Å². The van der Waals surface area contributed by atoms with Crippen molar-refractivity contribution in [1.82, 2.24) is 10.0 Å². The number of fused-ring (bicyclic) bond motifs is 1. The maximum atomic E-state index is 13.4. The van der Waals surface area contributed by atoms with E-state index in [1.807, 2.05) is 12.2 Å². The second-order valence-electron chi connectivity index (χ2n) is 7.57. The first kappa shape index (κ1) is 22.5. The van der Waals surface area contributed by atoms with Gasteiger partial charge >= 0.3 is 0 Å². The van der Waals surface area contributed by atoms with Gasteiger partial charge in [0.2, 0.25) is 0 Å². The van der Waals surface area contributed by atoms with Crippen molar-refractivity contribution >= 4 is 58.3 Å². The van der Waals surface area contributed by atoms with Crippen LogP contribution in [0.25, 0.3) is 0 Å². The van der Waals surface area contributed by atoms with Crippen molar-refractivity contribution < 1.29 is 19.2 Å². The summed E-state index contributed by atoms with van der Waals surface area (Å²) in [4.78, 5) is 52.6. The van der Waals surface area contributed by atoms with Crippen molar-refractivity contribution in [3.05, 3.63) is 80.8 Å². The maximum Gasteiger partial charge on any atom is 0.273 e. The number of rotatable bonds is 5. The van der Waals surface area contributed by atoms with Gasteiger partial charge in [0.05, 0.1) is 21.9 Å². The van der Waals surface area contributed by atoms with Gasteiger partial charge in [0.15, 0.2) is 5.78 Å². The number of allylic oxidation sites excluding steroid dienone is 2. The Kier molecular flexibility index (Phi) is 6.38. The lowest BCUT2D eigenvalue weighted by molar-refractivity contribution is -0.154. The molecule has 4 rings (SSSR count). The summed E-state index contributed by atoms with van der Waals surface area (Å²) in [7, 11) is 0. The fraction of sp³-hybridized carbons (Fsp3) is 0.217. The molecule has 9 heteroatoms. The van der Waals surface area contributed by atoms with Gasteiger partial charge in [-0.05, 0) is 55.3 Å². The molecule has 3 amide bonds. The molecule has 0 N–H and O–H groups in total.